The molecule has 0 aromatic carbocycles. The first-order valence-electron chi connectivity index (χ1n) is 6.17. The molecule has 2 aromatic heterocycles. The molecule has 3 heterocycles. The molecular weight excluding hydrogens is 278 g/mol. The Morgan fingerprint density at radius 2 is 2.35 bits per heavy atom. The van der Waals surface area contributed by atoms with Gasteiger partial charge in [0.2, 0.25) is 5.91 Å². The second kappa shape index (κ2) is 4.75. The smallest absolute Gasteiger partial charge is 0.326 e. The Kier molecular flexibility index (Phi) is 3.06. The molecule has 0 bridgehead atoms. The van der Waals surface area contributed by atoms with Gasteiger partial charge in [0, 0.05) is 23.9 Å². The summed E-state index contributed by atoms with van der Waals surface area (Å²) in [6.07, 6.45) is 1.81. The van der Waals surface area contributed by atoms with E-state index < -0.39 is 18.1 Å². The molecule has 7 heteroatoms. The number of aromatic amines is 1. The number of carboxylic acids is 1. The van der Waals surface area contributed by atoms with Crippen LogP contribution >= 0.6 is 11.3 Å². The van der Waals surface area contributed by atoms with E-state index in [1.807, 2.05) is 17.5 Å². The zero-order chi connectivity index (χ0) is 14.3. The van der Waals surface area contributed by atoms with Gasteiger partial charge in [-0.25, -0.2) is 9.78 Å². The fraction of sp³-hybridized carbons (Fsp3) is 0.308. The zero-order valence-electron chi connectivity index (χ0n) is 10.7. The molecule has 0 saturated heterocycles. The van der Waals surface area contributed by atoms with Gasteiger partial charge < -0.3 is 15.0 Å². The molecule has 0 aliphatic carbocycles. The summed E-state index contributed by atoms with van der Waals surface area (Å²) < 4.78 is 0. The van der Waals surface area contributed by atoms with E-state index in [9.17, 15) is 14.7 Å². The monoisotopic (exact) mass is 291 g/mol. The minimum Gasteiger partial charge on any atom is -0.480 e. The van der Waals surface area contributed by atoms with E-state index in [0.29, 0.717) is 0 Å². The van der Waals surface area contributed by atoms with Gasteiger partial charge in [0.15, 0.2) is 0 Å². The minimum absolute atomic E-state index is 0.256. The summed E-state index contributed by atoms with van der Waals surface area (Å²) in [4.78, 5) is 33.1. The lowest BCUT2D eigenvalue weighted by molar-refractivity contribution is -0.151. The topological polar surface area (TPSA) is 86.3 Å². The number of nitrogens with one attached hydrogen (secondary N) is 1. The molecule has 2 N–H and O–H groups in total. The molecule has 0 radical (unpaired) electrons. The normalized spacial score (nSPS) is 21.6. The van der Waals surface area contributed by atoms with E-state index in [1.165, 1.54) is 23.2 Å². The van der Waals surface area contributed by atoms with Gasteiger partial charge in [0.05, 0.1) is 12.0 Å². The van der Waals surface area contributed by atoms with Crippen molar-refractivity contribution in [2.24, 2.45) is 0 Å². The molecule has 1 amide bonds. The van der Waals surface area contributed by atoms with Crippen molar-refractivity contribution in [2.45, 2.75) is 25.4 Å². The fourth-order valence-corrected chi connectivity index (χ4v) is 3.49. The zero-order valence-corrected chi connectivity index (χ0v) is 11.6. The van der Waals surface area contributed by atoms with Crippen molar-refractivity contribution < 1.29 is 14.7 Å². The second-order valence-electron chi connectivity index (χ2n) is 4.67. The first-order chi connectivity index (χ1) is 9.59. The van der Waals surface area contributed by atoms with Crippen molar-refractivity contribution in [3.63, 3.8) is 0 Å². The number of aliphatic carboxylic acids is 1. The number of aromatic nitrogens is 2. The first-order valence-corrected chi connectivity index (χ1v) is 7.04. The van der Waals surface area contributed by atoms with Gasteiger partial charge in [-0.1, -0.05) is 6.07 Å². The maximum atomic E-state index is 12.0. The average molecular weight is 291 g/mol. The van der Waals surface area contributed by atoms with Crippen molar-refractivity contribution in [1.29, 1.82) is 0 Å². The fourth-order valence-electron chi connectivity index (χ4n) is 2.66. The van der Waals surface area contributed by atoms with Crippen LogP contribution < -0.4 is 0 Å². The highest BCUT2D eigenvalue weighted by Gasteiger charge is 2.42. The number of thiophene rings is 1. The van der Waals surface area contributed by atoms with Crippen LogP contribution in [-0.4, -0.2) is 37.9 Å². The Morgan fingerprint density at radius 1 is 1.55 bits per heavy atom. The van der Waals surface area contributed by atoms with Crippen LogP contribution in [0.1, 0.15) is 29.2 Å². The number of amides is 1. The number of carbonyl (C=O) groups is 2. The van der Waals surface area contributed by atoms with Gasteiger partial charge in [-0.2, -0.15) is 0 Å². The summed E-state index contributed by atoms with van der Waals surface area (Å²) in [7, 11) is 0. The average Bonchev–Trinajstić information content (AvgIpc) is 3.07. The van der Waals surface area contributed by atoms with Crippen LogP contribution in [0.4, 0.5) is 0 Å². The van der Waals surface area contributed by atoms with Crippen molar-refractivity contribution in [1.82, 2.24) is 14.9 Å². The lowest BCUT2D eigenvalue weighted by Gasteiger charge is -2.38. The summed E-state index contributed by atoms with van der Waals surface area (Å²) in [5, 5.41) is 11.3. The number of carboxylic acid groups (broad SMARTS) is 1. The van der Waals surface area contributed by atoms with Crippen molar-refractivity contribution >= 4 is 23.2 Å². The van der Waals surface area contributed by atoms with Crippen LogP contribution in [0.3, 0.4) is 0 Å². The molecule has 2 aromatic rings. The molecule has 0 fully saturated rings. The highest BCUT2D eigenvalue weighted by molar-refractivity contribution is 7.10. The Morgan fingerprint density at radius 3 is 2.95 bits per heavy atom. The number of imidazole rings is 1. The third-order valence-electron chi connectivity index (χ3n) is 3.48. The number of hydrogen-bond donors (Lipinski definition) is 2. The van der Waals surface area contributed by atoms with Gasteiger partial charge in [-0.05, 0) is 11.4 Å². The van der Waals surface area contributed by atoms with Crippen LogP contribution in [0, 0.1) is 0 Å². The van der Waals surface area contributed by atoms with E-state index in [0.717, 1.165) is 16.3 Å². The summed E-state index contributed by atoms with van der Waals surface area (Å²) in [6.45, 7) is 1.40. The Bertz CT molecular complexity index is 650. The van der Waals surface area contributed by atoms with E-state index in [4.69, 9.17) is 0 Å². The SMILES string of the molecule is CC(=O)N1[C@@H](c2cccs2)c2nc[nH]c2C[C@H]1C(=O)O. The highest BCUT2D eigenvalue weighted by atomic mass is 32.1. The van der Waals surface area contributed by atoms with Crippen molar-refractivity contribution in [2.75, 3.05) is 0 Å². The maximum Gasteiger partial charge on any atom is 0.326 e. The summed E-state index contributed by atoms with van der Waals surface area (Å²) in [6, 6.07) is 2.49. The van der Waals surface area contributed by atoms with Gasteiger partial charge in [0.1, 0.15) is 12.1 Å². The van der Waals surface area contributed by atoms with Gasteiger partial charge in [0.25, 0.3) is 0 Å². The molecule has 3 rings (SSSR count). The van der Waals surface area contributed by atoms with E-state index in [1.54, 1.807) is 6.33 Å². The van der Waals surface area contributed by atoms with Gasteiger partial charge >= 0.3 is 5.97 Å². The third kappa shape index (κ3) is 1.90. The Labute approximate surface area is 119 Å². The molecule has 1 aliphatic heterocycles. The summed E-state index contributed by atoms with van der Waals surface area (Å²) >= 11 is 1.49. The highest BCUT2D eigenvalue weighted by Crippen LogP contribution is 2.38. The first kappa shape index (κ1) is 12.9. The molecule has 1 aliphatic rings. The lowest BCUT2D eigenvalue weighted by atomic mass is 9.95. The quantitative estimate of drug-likeness (QED) is 0.876. The van der Waals surface area contributed by atoms with Crippen molar-refractivity contribution in [3.8, 4) is 0 Å². The second-order valence-corrected chi connectivity index (χ2v) is 5.65. The van der Waals surface area contributed by atoms with Crippen LogP contribution in [0.25, 0.3) is 0 Å². The van der Waals surface area contributed by atoms with Gasteiger partial charge in [-0.15, -0.1) is 11.3 Å². The van der Waals surface area contributed by atoms with Gasteiger partial charge in [-0.3, -0.25) is 4.79 Å². The van der Waals surface area contributed by atoms with E-state index in [-0.39, 0.29) is 12.3 Å². The number of rotatable bonds is 2. The Hall–Kier alpha value is -2.15. The van der Waals surface area contributed by atoms with E-state index >= 15 is 0 Å². The van der Waals surface area contributed by atoms with Crippen molar-refractivity contribution in [3.05, 3.63) is 40.1 Å². The maximum absolute atomic E-state index is 12.0. The predicted molar refractivity (Wildman–Crippen MR) is 72.4 cm³/mol. The molecule has 6 nitrogen and oxygen atoms in total. The summed E-state index contributed by atoms with van der Waals surface area (Å²) in [5.74, 6) is -1.26. The third-order valence-corrected chi connectivity index (χ3v) is 4.41. The number of hydrogen-bond acceptors (Lipinski definition) is 4. The summed E-state index contributed by atoms with van der Waals surface area (Å²) in [5.41, 5.74) is 1.52. The number of H-pyrrole nitrogens is 1. The number of nitrogens with zero attached hydrogens (tertiary/aromatic N) is 2. The van der Waals surface area contributed by atoms with Crippen LogP contribution in [-0.2, 0) is 16.0 Å². The predicted octanol–water partition coefficient (Wildman–Crippen LogP) is 1.42. The van der Waals surface area contributed by atoms with Crippen LogP contribution in [0.15, 0.2) is 23.8 Å². The van der Waals surface area contributed by atoms with E-state index in [2.05, 4.69) is 9.97 Å². The standard InChI is InChI=1S/C13H13N3O3S/c1-7(17)16-9(13(18)19)5-8-11(15-6-14-8)12(16)10-3-2-4-20-10/h2-4,6,9,12H,5H2,1H3,(H,14,15)(H,18,19)/t9-,12-/m0/s1. The number of fused-ring (bicyclic) bond motifs is 1. The Balaban J connectivity index is 2.16. The molecule has 20 heavy (non-hydrogen) atoms. The van der Waals surface area contributed by atoms with Crippen LogP contribution in [0.2, 0.25) is 0 Å². The number of carbonyl (C=O) groups excluding carboxylic acids is 1. The van der Waals surface area contributed by atoms with Crippen LogP contribution in [0.5, 0.6) is 0 Å². The molecule has 104 valence electrons. The molecule has 0 saturated carbocycles. The minimum atomic E-state index is -0.998. The molecule has 0 spiro atoms. The largest absolute Gasteiger partial charge is 0.480 e. The molecule has 2 atom stereocenters. The lowest BCUT2D eigenvalue weighted by Crippen LogP contribution is -2.50. The molecular formula is C13H13N3O3S. The molecule has 0 unspecified atom stereocenters.